The van der Waals surface area contributed by atoms with Crippen molar-refractivity contribution in [3.63, 3.8) is 0 Å². The van der Waals surface area contributed by atoms with Gasteiger partial charge in [-0.25, -0.2) is 0 Å². The minimum atomic E-state index is -0.0793. The first-order valence-corrected chi connectivity index (χ1v) is 7.07. The number of halogens is 1. The maximum absolute atomic E-state index is 12.4. The summed E-state index contributed by atoms with van der Waals surface area (Å²) in [6, 6.07) is 5.53. The summed E-state index contributed by atoms with van der Waals surface area (Å²) in [7, 11) is 1.78. The van der Waals surface area contributed by atoms with Crippen molar-refractivity contribution in [2.45, 2.75) is 13.3 Å². The lowest BCUT2D eigenvalue weighted by Gasteiger charge is -2.20. The van der Waals surface area contributed by atoms with E-state index >= 15 is 0 Å². The Kier molecular flexibility index (Phi) is 4.24. The molecule has 1 saturated heterocycles. The van der Waals surface area contributed by atoms with Crippen molar-refractivity contribution in [3.8, 4) is 0 Å². The zero-order valence-corrected chi connectivity index (χ0v) is 12.7. The zero-order valence-electron chi connectivity index (χ0n) is 11.1. The third-order valence-corrected chi connectivity index (χ3v) is 4.23. The Morgan fingerprint density at radius 3 is 2.74 bits per heavy atom. The number of carbonyl (C=O) groups is 2. The highest BCUT2D eigenvalue weighted by molar-refractivity contribution is 9.10. The van der Waals surface area contributed by atoms with Gasteiger partial charge in [-0.05, 0) is 31.0 Å². The van der Waals surface area contributed by atoms with E-state index < -0.39 is 0 Å². The first-order chi connectivity index (χ1) is 8.99. The molecule has 0 saturated carbocycles. The van der Waals surface area contributed by atoms with Crippen LogP contribution in [0.25, 0.3) is 0 Å². The predicted octanol–water partition coefficient (Wildman–Crippen LogP) is 2.06. The molecule has 102 valence electrons. The van der Waals surface area contributed by atoms with E-state index in [0.29, 0.717) is 18.7 Å². The number of nitrogens with zero attached hydrogens (tertiary/aromatic N) is 2. The molecule has 1 aromatic carbocycles. The summed E-state index contributed by atoms with van der Waals surface area (Å²) >= 11 is 3.43. The molecule has 0 aliphatic carbocycles. The second kappa shape index (κ2) is 5.74. The van der Waals surface area contributed by atoms with E-state index in [4.69, 9.17) is 0 Å². The van der Waals surface area contributed by atoms with Crippen LogP contribution in [0.4, 0.5) is 0 Å². The number of hydrogen-bond acceptors (Lipinski definition) is 2. The molecule has 0 N–H and O–H groups in total. The summed E-state index contributed by atoms with van der Waals surface area (Å²) in [6.07, 6.45) is 0.820. The third-order valence-electron chi connectivity index (χ3n) is 3.38. The molecule has 1 heterocycles. The number of carbonyl (C=O) groups excluding carboxylic acids is 2. The highest BCUT2D eigenvalue weighted by Crippen LogP contribution is 2.19. The number of amides is 2. The maximum atomic E-state index is 12.4. The van der Waals surface area contributed by atoms with Gasteiger partial charge in [0, 0.05) is 30.2 Å². The molecule has 0 spiro atoms. The van der Waals surface area contributed by atoms with Crippen LogP contribution < -0.4 is 0 Å². The Bertz CT molecular complexity index is 516. The summed E-state index contributed by atoms with van der Waals surface area (Å²) in [5.41, 5.74) is 1.71. The minimum Gasteiger partial charge on any atom is -0.344 e. The van der Waals surface area contributed by atoms with Crippen molar-refractivity contribution in [1.29, 1.82) is 0 Å². The van der Waals surface area contributed by atoms with Crippen molar-refractivity contribution in [2.24, 2.45) is 0 Å². The average Bonchev–Trinajstić information content (AvgIpc) is 2.55. The van der Waals surface area contributed by atoms with E-state index in [2.05, 4.69) is 15.9 Å². The summed E-state index contributed by atoms with van der Waals surface area (Å²) in [6.45, 7) is 3.48. The molecule has 0 unspecified atom stereocenters. The second-order valence-corrected chi connectivity index (χ2v) is 5.71. The monoisotopic (exact) mass is 324 g/mol. The van der Waals surface area contributed by atoms with Crippen molar-refractivity contribution in [2.75, 3.05) is 26.7 Å². The Balaban J connectivity index is 2.18. The van der Waals surface area contributed by atoms with Crippen molar-refractivity contribution >= 4 is 27.7 Å². The lowest BCUT2D eigenvalue weighted by molar-refractivity contribution is -0.129. The minimum absolute atomic E-state index is 0.00275. The van der Waals surface area contributed by atoms with Crippen LogP contribution in [0.5, 0.6) is 0 Å². The molecule has 0 bridgehead atoms. The Labute approximate surface area is 121 Å². The van der Waals surface area contributed by atoms with Gasteiger partial charge in [0.15, 0.2) is 0 Å². The first-order valence-electron chi connectivity index (χ1n) is 6.28. The highest BCUT2D eigenvalue weighted by atomic mass is 79.9. The third kappa shape index (κ3) is 3.15. The zero-order chi connectivity index (χ0) is 14.0. The lowest BCUT2D eigenvalue weighted by atomic mass is 10.1. The molecule has 19 heavy (non-hydrogen) atoms. The van der Waals surface area contributed by atoms with Gasteiger partial charge in [0.25, 0.3) is 5.91 Å². The van der Waals surface area contributed by atoms with Crippen molar-refractivity contribution in [3.05, 3.63) is 33.8 Å². The molecule has 1 fully saturated rings. The number of rotatable bonds is 1. The van der Waals surface area contributed by atoms with Crippen LogP contribution in [-0.4, -0.2) is 48.3 Å². The quantitative estimate of drug-likeness (QED) is 0.793. The highest BCUT2D eigenvalue weighted by Gasteiger charge is 2.23. The van der Waals surface area contributed by atoms with E-state index in [1.807, 2.05) is 25.1 Å². The van der Waals surface area contributed by atoms with E-state index in [1.165, 1.54) is 0 Å². The first kappa shape index (κ1) is 14.1. The molecule has 1 aliphatic rings. The summed E-state index contributed by atoms with van der Waals surface area (Å²) < 4.78 is 0.914. The van der Waals surface area contributed by atoms with Gasteiger partial charge in [0.2, 0.25) is 5.91 Å². The molecule has 0 radical (unpaired) electrons. The van der Waals surface area contributed by atoms with Gasteiger partial charge < -0.3 is 9.80 Å². The molecule has 1 aliphatic heterocycles. The number of aryl methyl sites for hydroxylation is 1. The van der Waals surface area contributed by atoms with Crippen LogP contribution in [0.2, 0.25) is 0 Å². The smallest absolute Gasteiger partial charge is 0.254 e. The lowest BCUT2D eigenvalue weighted by Crippen LogP contribution is -2.38. The standard InChI is InChI=1S/C14H17BrN2O2/c1-10-4-5-11(8-12(10)15)14(19)17-7-3-6-16(2)13(18)9-17/h4-5,8H,3,6-7,9H2,1-2H3. The fraction of sp³-hybridized carbons (Fsp3) is 0.429. The number of benzene rings is 1. The SMILES string of the molecule is Cc1ccc(C(=O)N2CCCN(C)C(=O)C2)cc1Br. The van der Waals surface area contributed by atoms with Crippen LogP contribution in [-0.2, 0) is 4.79 Å². The maximum Gasteiger partial charge on any atom is 0.254 e. The molecule has 4 nitrogen and oxygen atoms in total. The number of hydrogen-bond donors (Lipinski definition) is 0. The summed E-state index contributed by atoms with van der Waals surface area (Å²) in [4.78, 5) is 27.5. The van der Waals surface area contributed by atoms with Gasteiger partial charge in [0.05, 0.1) is 0 Å². The Hall–Kier alpha value is -1.36. The van der Waals surface area contributed by atoms with Gasteiger partial charge in [-0.3, -0.25) is 9.59 Å². The summed E-state index contributed by atoms with van der Waals surface area (Å²) in [5.74, 6) is -0.0821. The summed E-state index contributed by atoms with van der Waals surface area (Å²) in [5, 5.41) is 0. The molecular formula is C14H17BrN2O2. The molecule has 5 heteroatoms. The fourth-order valence-electron chi connectivity index (χ4n) is 2.07. The van der Waals surface area contributed by atoms with Crippen molar-refractivity contribution in [1.82, 2.24) is 9.80 Å². The van der Waals surface area contributed by atoms with E-state index in [9.17, 15) is 9.59 Å². The van der Waals surface area contributed by atoms with Gasteiger partial charge >= 0.3 is 0 Å². The largest absolute Gasteiger partial charge is 0.344 e. The van der Waals surface area contributed by atoms with Crippen LogP contribution in [0.15, 0.2) is 22.7 Å². The van der Waals surface area contributed by atoms with Gasteiger partial charge in [-0.15, -0.1) is 0 Å². The molecule has 0 atom stereocenters. The van der Waals surface area contributed by atoms with Crippen LogP contribution in [0.3, 0.4) is 0 Å². The molecular weight excluding hydrogens is 308 g/mol. The van der Waals surface area contributed by atoms with Gasteiger partial charge in [-0.2, -0.15) is 0 Å². The normalized spacial score (nSPS) is 16.5. The molecule has 2 rings (SSSR count). The molecule has 0 aromatic heterocycles. The van der Waals surface area contributed by atoms with Gasteiger partial charge in [-0.1, -0.05) is 22.0 Å². The molecule has 1 aromatic rings. The van der Waals surface area contributed by atoms with E-state index in [1.54, 1.807) is 16.8 Å². The second-order valence-electron chi connectivity index (χ2n) is 4.86. The van der Waals surface area contributed by atoms with Crippen LogP contribution in [0, 0.1) is 6.92 Å². The van der Waals surface area contributed by atoms with Crippen LogP contribution >= 0.6 is 15.9 Å². The fourth-order valence-corrected chi connectivity index (χ4v) is 2.45. The Morgan fingerprint density at radius 1 is 1.32 bits per heavy atom. The average molecular weight is 325 g/mol. The topological polar surface area (TPSA) is 40.6 Å². The predicted molar refractivity (Wildman–Crippen MR) is 77.0 cm³/mol. The van der Waals surface area contributed by atoms with Gasteiger partial charge in [0.1, 0.15) is 6.54 Å². The van der Waals surface area contributed by atoms with E-state index in [0.717, 1.165) is 16.5 Å². The molecule has 2 amide bonds. The number of likely N-dealkylation sites (N-methyl/N-ethyl adjacent to an activating group) is 1. The Morgan fingerprint density at radius 2 is 2.05 bits per heavy atom. The van der Waals surface area contributed by atoms with Crippen LogP contribution in [0.1, 0.15) is 22.3 Å². The van der Waals surface area contributed by atoms with E-state index in [-0.39, 0.29) is 18.4 Å². The van der Waals surface area contributed by atoms with Crippen molar-refractivity contribution < 1.29 is 9.59 Å².